The molecule has 1 fully saturated rings. The number of rotatable bonds is 3. The molecule has 104 valence electrons. The Hall–Kier alpha value is -1.84. The van der Waals surface area contributed by atoms with E-state index in [-0.39, 0.29) is 6.10 Å². The molecule has 2 N–H and O–H groups in total. The van der Waals surface area contributed by atoms with Crippen molar-refractivity contribution < 1.29 is 4.74 Å². The Morgan fingerprint density at radius 2 is 1.80 bits per heavy atom. The zero-order valence-corrected chi connectivity index (χ0v) is 11.5. The molecule has 2 aromatic carbocycles. The third-order valence-corrected chi connectivity index (χ3v) is 3.71. The lowest BCUT2D eigenvalue weighted by molar-refractivity contribution is -0.0329. The van der Waals surface area contributed by atoms with Crippen LogP contribution in [0.4, 0.5) is 5.69 Å². The molecule has 1 saturated heterocycles. The van der Waals surface area contributed by atoms with Gasteiger partial charge in [0.25, 0.3) is 0 Å². The van der Waals surface area contributed by atoms with Crippen LogP contribution in [0.1, 0.15) is 17.2 Å². The van der Waals surface area contributed by atoms with Gasteiger partial charge in [0.1, 0.15) is 0 Å². The minimum Gasteiger partial charge on any atom is -0.399 e. The third kappa shape index (κ3) is 3.18. The normalized spacial score (nSPS) is 19.9. The first-order valence-corrected chi connectivity index (χ1v) is 7.04. The second kappa shape index (κ2) is 6.07. The molecule has 1 aliphatic heterocycles. The Kier molecular flexibility index (Phi) is 4.00. The summed E-state index contributed by atoms with van der Waals surface area (Å²) >= 11 is 0. The number of hydrogen-bond donors (Lipinski definition) is 1. The van der Waals surface area contributed by atoms with Crippen LogP contribution in [0.3, 0.4) is 0 Å². The van der Waals surface area contributed by atoms with Crippen LogP contribution < -0.4 is 5.73 Å². The maximum Gasteiger partial charge on any atom is 0.0952 e. The Labute approximate surface area is 120 Å². The van der Waals surface area contributed by atoms with Gasteiger partial charge in [0.15, 0.2) is 0 Å². The summed E-state index contributed by atoms with van der Waals surface area (Å²) in [6.45, 7) is 3.68. The maximum absolute atomic E-state index is 5.89. The van der Waals surface area contributed by atoms with Crippen molar-refractivity contribution in [2.75, 3.05) is 25.4 Å². The molecule has 20 heavy (non-hydrogen) atoms. The smallest absolute Gasteiger partial charge is 0.0952 e. The Bertz CT molecular complexity index is 539. The van der Waals surface area contributed by atoms with E-state index in [2.05, 4.69) is 47.4 Å². The van der Waals surface area contributed by atoms with Crippen LogP contribution in [0.2, 0.25) is 0 Å². The lowest BCUT2D eigenvalue weighted by Crippen LogP contribution is -2.37. The lowest BCUT2D eigenvalue weighted by Gasteiger charge is -2.33. The van der Waals surface area contributed by atoms with E-state index in [9.17, 15) is 0 Å². The fraction of sp³-hybridized carbons (Fsp3) is 0.294. The van der Waals surface area contributed by atoms with Crippen molar-refractivity contribution in [1.82, 2.24) is 4.90 Å². The van der Waals surface area contributed by atoms with Gasteiger partial charge in [0.2, 0.25) is 0 Å². The van der Waals surface area contributed by atoms with Gasteiger partial charge in [-0.25, -0.2) is 0 Å². The largest absolute Gasteiger partial charge is 0.399 e. The van der Waals surface area contributed by atoms with Crippen LogP contribution in [-0.2, 0) is 11.3 Å². The molecule has 0 aliphatic carbocycles. The maximum atomic E-state index is 5.89. The molecule has 3 rings (SSSR count). The predicted octanol–water partition coefficient (Wildman–Crippen LogP) is 2.84. The highest BCUT2D eigenvalue weighted by atomic mass is 16.5. The van der Waals surface area contributed by atoms with Gasteiger partial charge in [-0.2, -0.15) is 0 Å². The summed E-state index contributed by atoms with van der Waals surface area (Å²) in [5, 5.41) is 0. The van der Waals surface area contributed by atoms with E-state index < -0.39 is 0 Å². The summed E-state index contributed by atoms with van der Waals surface area (Å²) in [7, 11) is 0. The quantitative estimate of drug-likeness (QED) is 0.870. The van der Waals surface area contributed by atoms with Gasteiger partial charge in [-0.15, -0.1) is 0 Å². The molecule has 0 saturated carbocycles. The molecular weight excluding hydrogens is 248 g/mol. The van der Waals surface area contributed by atoms with Crippen molar-refractivity contribution >= 4 is 5.69 Å². The van der Waals surface area contributed by atoms with Gasteiger partial charge in [-0.05, 0) is 23.3 Å². The van der Waals surface area contributed by atoms with Crippen molar-refractivity contribution in [2.45, 2.75) is 12.6 Å². The van der Waals surface area contributed by atoms with Gasteiger partial charge >= 0.3 is 0 Å². The van der Waals surface area contributed by atoms with Crippen molar-refractivity contribution in [3.63, 3.8) is 0 Å². The first-order chi connectivity index (χ1) is 9.81. The Balaban J connectivity index is 1.66. The topological polar surface area (TPSA) is 38.5 Å². The predicted molar refractivity (Wildman–Crippen MR) is 81.3 cm³/mol. The standard InChI is InChI=1S/C17H20N2O/c18-16-8-6-15(7-9-16)17-13-19(10-11-20-17)12-14-4-2-1-3-5-14/h1-9,17H,10-13,18H2/t17-/m1/s1. The summed E-state index contributed by atoms with van der Waals surface area (Å²) in [6, 6.07) is 18.6. The summed E-state index contributed by atoms with van der Waals surface area (Å²) in [6.07, 6.45) is 0.146. The minimum absolute atomic E-state index is 0.146. The highest BCUT2D eigenvalue weighted by Crippen LogP contribution is 2.24. The number of nitrogen functional groups attached to an aromatic ring is 1. The molecule has 1 heterocycles. The third-order valence-electron chi connectivity index (χ3n) is 3.71. The average molecular weight is 268 g/mol. The summed E-state index contributed by atoms with van der Waals surface area (Å²) in [5.41, 5.74) is 9.09. The molecule has 0 spiro atoms. The number of benzene rings is 2. The van der Waals surface area contributed by atoms with Crippen molar-refractivity contribution in [1.29, 1.82) is 0 Å². The SMILES string of the molecule is Nc1ccc([C@H]2CN(Cc3ccccc3)CCO2)cc1. The first kappa shape index (κ1) is 13.2. The van der Waals surface area contributed by atoms with Crippen LogP contribution in [0, 0.1) is 0 Å². The average Bonchev–Trinajstić information content (AvgIpc) is 2.49. The fourth-order valence-corrected chi connectivity index (χ4v) is 2.60. The van der Waals surface area contributed by atoms with Crippen LogP contribution >= 0.6 is 0 Å². The number of anilines is 1. The van der Waals surface area contributed by atoms with Gasteiger partial charge in [-0.3, -0.25) is 4.90 Å². The van der Waals surface area contributed by atoms with Gasteiger partial charge in [0.05, 0.1) is 12.7 Å². The Morgan fingerprint density at radius 3 is 2.55 bits per heavy atom. The van der Waals surface area contributed by atoms with Gasteiger partial charge < -0.3 is 10.5 Å². The van der Waals surface area contributed by atoms with Gasteiger partial charge in [-0.1, -0.05) is 42.5 Å². The van der Waals surface area contributed by atoms with Crippen LogP contribution in [0.15, 0.2) is 54.6 Å². The second-order valence-corrected chi connectivity index (χ2v) is 5.25. The van der Waals surface area contributed by atoms with E-state index in [1.165, 1.54) is 11.1 Å². The second-order valence-electron chi connectivity index (χ2n) is 5.25. The van der Waals surface area contributed by atoms with Crippen molar-refractivity contribution in [3.8, 4) is 0 Å². The molecule has 1 atom stereocenters. The van der Waals surface area contributed by atoms with E-state index in [0.717, 1.165) is 31.9 Å². The van der Waals surface area contributed by atoms with Gasteiger partial charge in [0, 0.05) is 25.3 Å². The first-order valence-electron chi connectivity index (χ1n) is 7.04. The fourth-order valence-electron chi connectivity index (χ4n) is 2.60. The van der Waals surface area contributed by atoms with E-state index in [4.69, 9.17) is 10.5 Å². The van der Waals surface area contributed by atoms with E-state index in [0.29, 0.717) is 0 Å². The highest BCUT2D eigenvalue weighted by Gasteiger charge is 2.21. The highest BCUT2D eigenvalue weighted by molar-refractivity contribution is 5.40. The summed E-state index contributed by atoms with van der Waals surface area (Å²) < 4.78 is 5.89. The number of ether oxygens (including phenoxy) is 1. The Morgan fingerprint density at radius 1 is 1.05 bits per heavy atom. The van der Waals surface area contributed by atoms with E-state index in [1.54, 1.807) is 0 Å². The minimum atomic E-state index is 0.146. The summed E-state index contributed by atoms with van der Waals surface area (Å²) in [4.78, 5) is 2.44. The molecule has 1 aliphatic rings. The van der Waals surface area contributed by atoms with Crippen LogP contribution in [0.25, 0.3) is 0 Å². The number of hydrogen-bond acceptors (Lipinski definition) is 3. The number of morpholine rings is 1. The van der Waals surface area contributed by atoms with Crippen molar-refractivity contribution in [3.05, 3.63) is 65.7 Å². The molecule has 0 bridgehead atoms. The molecule has 3 heteroatoms. The summed E-state index contributed by atoms with van der Waals surface area (Å²) in [5.74, 6) is 0. The molecule has 2 aromatic rings. The van der Waals surface area contributed by atoms with Crippen molar-refractivity contribution in [2.24, 2.45) is 0 Å². The van der Waals surface area contributed by atoms with Crippen LogP contribution in [-0.4, -0.2) is 24.6 Å². The van der Waals surface area contributed by atoms with E-state index in [1.807, 2.05) is 12.1 Å². The van der Waals surface area contributed by atoms with Crippen LogP contribution in [0.5, 0.6) is 0 Å². The molecule has 0 radical (unpaired) electrons. The zero-order chi connectivity index (χ0) is 13.8. The monoisotopic (exact) mass is 268 g/mol. The number of nitrogens with zero attached hydrogens (tertiary/aromatic N) is 1. The number of nitrogens with two attached hydrogens (primary N) is 1. The van der Waals surface area contributed by atoms with E-state index >= 15 is 0 Å². The molecule has 0 aromatic heterocycles. The zero-order valence-electron chi connectivity index (χ0n) is 11.5. The molecule has 0 amide bonds. The molecular formula is C17H20N2O. The molecule has 0 unspecified atom stereocenters. The lowest BCUT2D eigenvalue weighted by atomic mass is 10.1. The molecule has 3 nitrogen and oxygen atoms in total.